The molecule has 0 bridgehead atoms. The highest BCUT2D eigenvalue weighted by Crippen LogP contribution is 2.12. The molecule has 0 saturated carbocycles. The van der Waals surface area contributed by atoms with E-state index in [1.807, 2.05) is 30.3 Å². The lowest BCUT2D eigenvalue weighted by molar-refractivity contribution is 0.311. The number of benzene rings is 2. The van der Waals surface area contributed by atoms with Crippen molar-refractivity contribution >= 4 is 0 Å². The van der Waals surface area contributed by atoms with Gasteiger partial charge in [0.1, 0.15) is 5.75 Å². The smallest absolute Gasteiger partial charge is 0.119 e. The first-order valence-electron chi connectivity index (χ1n) is 5.93. The second kappa shape index (κ2) is 6.09. The van der Waals surface area contributed by atoms with Gasteiger partial charge in [-0.15, -0.1) is 0 Å². The Morgan fingerprint density at radius 1 is 0.882 bits per heavy atom. The van der Waals surface area contributed by atoms with Crippen LogP contribution in [-0.2, 0) is 6.42 Å². The molecule has 0 N–H and O–H groups in total. The molecule has 1 heteroatoms. The van der Waals surface area contributed by atoms with Gasteiger partial charge in [-0.2, -0.15) is 0 Å². The second-order valence-corrected chi connectivity index (χ2v) is 4.08. The molecule has 0 saturated heterocycles. The average Bonchev–Trinajstić information content (AvgIpc) is 2.38. The number of rotatable bonds is 5. The first kappa shape index (κ1) is 11.7. The predicted octanol–water partition coefficient (Wildman–Crippen LogP) is 3.88. The highest BCUT2D eigenvalue weighted by atomic mass is 16.5. The highest BCUT2D eigenvalue weighted by molar-refractivity contribution is 5.28. The molecule has 0 aliphatic heterocycles. The summed E-state index contributed by atoms with van der Waals surface area (Å²) in [6.45, 7) is 4.60. The van der Waals surface area contributed by atoms with Crippen molar-refractivity contribution in [2.45, 2.75) is 12.8 Å². The molecular formula is C16H17O. The second-order valence-electron chi connectivity index (χ2n) is 4.08. The summed E-state index contributed by atoms with van der Waals surface area (Å²) in [5, 5.41) is 0. The van der Waals surface area contributed by atoms with Crippen molar-refractivity contribution in [3.63, 3.8) is 0 Å². The van der Waals surface area contributed by atoms with Gasteiger partial charge < -0.3 is 4.74 Å². The van der Waals surface area contributed by atoms with Crippen LogP contribution in [0.3, 0.4) is 0 Å². The minimum Gasteiger partial charge on any atom is -0.494 e. The summed E-state index contributed by atoms with van der Waals surface area (Å²) in [5.41, 5.74) is 2.38. The molecule has 17 heavy (non-hydrogen) atoms. The van der Waals surface area contributed by atoms with Gasteiger partial charge >= 0.3 is 0 Å². The van der Waals surface area contributed by atoms with E-state index in [1.165, 1.54) is 5.56 Å². The van der Waals surface area contributed by atoms with Crippen molar-refractivity contribution in [3.8, 4) is 5.75 Å². The molecule has 87 valence electrons. The lowest BCUT2D eigenvalue weighted by Gasteiger charge is -2.06. The Kier molecular flexibility index (Phi) is 4.20. The molecule has 0 fully saturated rings. The van der Waals surface area contributed by atoms with Crippen LogP contribution in [0.15, 0.2) is 54.6 Å². The maximum atomic E-state index is 5.65. The van der Waals surface area contributed by atoms with Gasteiger partial charge in [0.05, 0.1) is 6.61 Å². The number of ether oxygens (including phenoxy) is 1. The van der Waals surface area contributed by atoms with Crippen molar-refractivity contribution in [1.29, 1.82) is 0 Å². The van der Waals surface area contributed by atoms with Gasteiger partial charge in [-0.3, -0.25) is 0 Å². The lowest BCUT2D eigenvalue weighted by Crippen LogP contribution is -1.99. The third-order valence-electron chi connectivity index (χ3n) is 2.64. The standard InChI is InChI=1S/C16H17O/c1-14-9-11-16(12-10-14)17-13-5-8-15-6-3-2-4-7-15/h2-4,6-7,9-12H,1,5,8,13H2. The van der Waals surface area contributed by atoms with Gasteiger partial charge in [-0.1, -0.05) is 42.5 Å². The van der Waals surface area contributed by atoms with Crippen molar-refractivity contribution < 1.29 is 4.74 Å². The van der Waals surface area contributed by atoms with Gasteiger partial charge in [0.25, 0.3) is 0 Å². The fourth-order valence-electron chi connectivity index (χ4n) is 1.70. The minimum absolute atomic E-state index is 0.755. The molecule has 0 atom stereocenters. The number of hydrogen-bond donors (Lipinski definition) is 0. The van der Waals surface area contributed by atoms with Crippen molar-refractivity contribution in [3.05, 3.63) is 72.6 Å². The molecule has 1 radical (unpaired) electrons. The summed E-state index contributed by atoms with van der Waals surface area (Å²) in [4.78, 5) is 0. The fraction of sp³-hybridized carbons (Fsp3) is 0.188. The molecule has 0 aromatic heterocycles. The Hall–Kier alpha value is -1.76. The minimum atomic E-state index is 0.755. The summed E-state index contributed by atoms with van der Waals surface area (Å²) < 4.78 is 5.65. The zero-order valence-corrected chi connectivity index (χ0v) is 9.93. The fourth-order valence-corrected chi connectivity index (χ4v) is 1.70. The average molecular weight is 225 g/mol. The highest BCUT2D eigenvalue weighted by Gasteiger charge is 1.94. The van der Waals surface area contributed by atoms with Gasteiger partial charge in [0.2, 0.25) is 0 Å². The topological polar surface area (TPSA) is 9.23 Å². The Labute approximate surface area is 103 Å². The molecule has 0 aliphatic rings. The molecule has 2 aromatic carbocycles. The SMILES string of the molecule is [CH2]c1ccc(OCCCc2ccccc2)cc1. The van der Waals surface area contributed by atoms with Crippen LogP contribution in [0, 0.1) is 6.92 Å². The normalized spacial score (nSPS) is 10.2. The molecular weight excluding hydrogens is 208 g/mol. The quantitative estimate of drug-likeness (QED) is 0.702. The van der Waals surface area contributed by atoms with Crippen molar-refractivity contribution in [1.82, 2.24) is 0 Å². The van der Waals surface area contributed by atoms with Crippen LogP contribution < -0.4 is 4.74 Å². The van der Waals surface area contributed by atoms with E-state index in [1.54, 1.807) is 0 Å². The van der Waals surface area contributed by atoms with Crippen LogP contribution in [-0.4, -0.2) is 6.61 Å². The van der Waals surface area contributed by atoms with E-state index < -0.39 is 0 Å². The van der Waals surface area contributed by atoms with Crippen LogP contribution in [0.2, 0.25) is 0 Å². The lowest BCUT2D eigenvalue weighted by atomic mass is 10.1. The summed E-state index contributed by atoms with van der Waals surface area (Å²) in [5.74, 6) is 0.922. The summed E-state index contributed by atoms with van der Waals surface area (Å²) in [6.07, 6.45) is 2.10. The zero-order valence-electron chi connectivity index (χ0n) is 9.93. The molecule has 0 spiro atoms. The molecule has 0 amide bonds. The van der Waals surface area contributed by atoms with Gasteiger partial charge in [0.15, 0.2) is 0 Å². The zero-order chi connectivity index (χ0) is 11.9. The van der Waals surface area contributed by atoms with E-state index in [0.29, 0.717) is 0 Å². The first-order valence-corrected chi connectivity index (χ1v) is 5.93. The molecule has 2 aromatic rings. The Morgan fingerprint density at radius 3 is 2.29 bits per heavy atom. The maximum Gasteiger partial charge on any atom is 0.119 e. The van der Waals surface area contributed by atoms with E-state index >= 15 is 0 Å². The van der Waals surface area contributed by atoms with Crippen LogP contribution in [0.5, 0.6) is 5.75 Å². The third-order valence-corrected chi connectivity index (χ3v) is 2.64. The Morgan fingerprint density at radius 2 is 1.59 bits per heavy atom. The van der Waals surface area contributed by atoms with E-state index in [4.69, 9.17) is 4.74 Å². The molecule has 0 heterocycles. The van der Waals surface area contributed by atoms with E-state index in [-0.39, 0.29) is 0 Å². The van der Waals surface area contributed by atoms with Gasteiger partial charge in [-0.05, 0) is 43.0 Å². The third kappa shape index (κ3) is 3.95. The van der Waals surface area contributed by atoms with Crippen LogP contribution in [0.1, 0.15) is 17.5 Å². The molecule has 0 unspecified atom stereocenters. The maximum absolute atomic E-state index is 5.65. The molecule has 2 rings (SSSR count). The van der Waals surface area contributed by atoms with Gasteiger partial charge in [0, 0.05) is 0 Å². The van der Waals surface area contributed by atoms with Crippen molar-refractivity contribution in [2.75, 3.05) is 6.61 Å². The number of aryl methyl sites for hydroxylation is 1. The van der Waals surface area contributed by atoms with Crippen molar-refractivity contribution in [2.24, 2.45) is 0 Å². The van der Waals surface area contributed by atoms with Crippen LogP contribution >= 0.6 is 0 Å². The predicted molar refractivity (Wildman–Crippen MR) is 71.2 cm³/mol. The van der Waals surface area contributed by atoms with E-state index in [2.05, 4.69) is 31.2 Å². The van der Waals surface area contributed by atoms with Crippen LogP contribution in [0.4, 0.5) is 0 Å². The summed E-state index contributed by atoms with van der Waals surface area (Å²) >= 11 is 0. The first-order chi connectivity index (χ1) is 8.34. The molecule has 0 aliphatic carbocycles. The monoisotopic (exact) mass is 225 g/mol. The number of hydrogen-bond acceptors (Lipinski definition) is 1. The Balaban J connectivity index is 1.71. The summed E-state index contributed by atoms with van der Waals surface area (Å²) in [6, 6.07) is 18.3. The van der Waals surface area contributed by atoms with E-state index in [0.717, 1.165) is 30.8 Å². The van der Waals surface area contributed by atoms with E-state index in [9.17, 15) is 0 Å². The summed E-state index contributed by atoms with van der Waals surface area (Å²) in [7, 11) is 0. The molecule has 1 nitrogen and oxygen atoms in total. The Bertz CT molecular complexity index is 431. The van der Waals surface area contributed by atoms with Crippen LogP contribution in [0.25, 0.3) is 0 Å². The largest absolute Gasteiger partial charge is 0.494 e. The van der Waals surface area contributed by atoms with Gasteiger partial charge in [-0.25, -0.2) is 0 Å².